The Balaban J connectivity index is 0.000000206. The van der Waals surface area contributed by atoms with Crippen LogP contribution in [-0.2, 0) is 5.33 Å². The second-order valence-corrected chi connectivity index (χ2v) is 10.0. The van der Waals surface area contributed by atoms with Crippen molar-refractivity contribution < 1.29 is 40.2 Å². The minimum Gasteiger partial charge on any atom is -0.440 e. The van der Waals surface area contributed by atoms with Crippen molar-refractivity contribution in [3.63, 3.8) is 0 Å². The third-order valence-corrected chi connectivity index (χ3v) is 7.52. The van der Waals surface area contributed by atoms with E-state index in [2.05, 4.69) is 67.2 Å². The van der Waals surface area contributed by atoms with Crippen molar-refractivity contribution in [3.8, 4) is 33.3 Å². The summed E-state index contributed by atoms with van der Waals surface area (Å²) in [6.07, 6.45) is -9.36. The van der Waals surface area contributed by atoms with E-state index in [1.165, 1.54) is 47.7 Å². The number of oxazole rings is 1. The molecule has 0 unspecified atom stereocenters. The van der Waals surface area contributed by atoms with Crippen molar-refractivity contribution in [1.29, 1.82) is 0 Å². The molecule has 0 amide bonds. The molecule has 198 valence electrons. The van der Waals surface area contributed by atoms with Crippen LogP contribution in [0.4, 0.5) is 26.3 Å². The molecular weight excluding hydrogens is 726 g/mol. The molecule has 5 nitrogen and oxygen atoms in total. The molecule has 0 N–H and O–H groups in total. The monoisotopic (exact) mass is 736 g/mol. The Bertz CT molecular complexity index is 1320. The van der Waals surface area contributed by atoms with E-state index in [1.807, 2.05) is 0 Å². The maximum Gasteiger partial charge on any atom is 0.573 e. The molecule has 4 aromatic rings. The van der Waals surface area contributed by atoms with Gasteiger partial charge in [-0.15, -0.1) is 37.7 Å². The number of rotatable bonds is 5. The van der Waals surface area contributed by atoms with Crippen LogP contribution in [0.15, 0.2) is 62.2 Å². The van der Waals surface area contributed by atoms with Crippen molar-refractivity contribution in [2.75, 3.05) is 0 Å². The van der Waals surface area contributed by atoms with Crippen LogP contribution in [0.1, 0.15) is 10.9 Å². The number of alkyl halides is 7. The first-order chi connectivity index (χ1) is 17.2. The van der Waals surface area contributed by atoms with Gasteiger partial charge in [-0.25, -0.2) is 9.97 Å². The molecular formula is C22H13Br3F6N2O3S. The summed E-state index contributed by atoms with van der Waals surface area (Å²) < 4.78 is 86.1. The number of aromatic nitrogens is 2. The molecule has 0 radical (unpaired) electrons. The number of aryl methyl sites for hydroxylation is 1. The molecule has 0 spiro atoms. The van der Waals surface area contributed by atoms with Gasteiger partial charge in [0.05, 0.1) is 10.2 Å². The molecule has 37 heavy (non-hydrogen) atoms. The van der Waals surface area contributed by atoms with Gasteiger partial charge in [-0.2, -0.15) is 0 Å². The van der Waals surface area contributed by atoms with E-state index >= 15 is 0 Å². The smallest absolute Gasteiger partial charge is 0.440 e. The van der Waals surface area contributed by atoms with E-state index in [0.29, 0.717) is 31.8 Å². The highest BCUT2D eigenvalue weighted by molar-refractivity contribution is 9.10. The van der Waals surface area contributed by atoms with E-state index in [4.69, 9.17) is 4.42 Å². The maximum atomic E-state index is 12.0. The Morgan fingerprint density at radius 3 is 1.65 bits per heavy atom. The average Bonchev–Trinajstić information content (AvgIpc) is 3.34. The van der Waals surface area contributed by atoms with Gasteiger partial charge in [-0.1, -0.05) is 15.9 Å². The molecule has 0 aliphatic rings. The van der Waals surface area contributed by atoms with Gasteiger partial charge in [0.25, 0.3) is 0 Å². The van der Waals surface area contributed by atoms with Gasteiger partial charge >= 0.3 is 12.7 Å². The molecule has 2 aromatic heterocycles. The van der Waals surface area contributed by atoms with Crippen LogP contribution in [0.5, 0.6) is 11.5 Å². The maximum absolute atomic E-state index is 12.0. The van der Waals surface area contributed by atoms with Crippen molar-refractivity contribution in [1.82, 2.24) is 9.97 Å². The lowest BCUT2D eigenvalue weighted by Gasteiger charge is -2.08. The topological polar surface area (TPSA) is 57.4 Å². The van der Waals surface area contributed by atoms with Gasteiger partial charge in [0.2, 0.25) is 0 Å². The minimum atomic E-state index is -4.69. The van der Waals surface area contributed by atoms with Crippen LogP contribution >= 0.6 is 59.1 Å². The van der Waals surface area contributed by atoms with E-state index in [1.54, 1.807) is 19.1 Å². The van der Waals surface area contributed by atoms with E-state index in [9.17, 15) is 26.3 Å². The molecule has 0 saturated carbocycles. The average molecular weight is 739 g/mol. The number of thiazole rings is 1. The fourth-order valence-corrected chi connectivity index (χ4v) is 5.42. The zero-order chi connectivity index (χ0) is 27.4. The Labute approximate surface area is 235 Å². The summed E-state index contributed by atoms with van der Waals surface area (Å²) in [4.78, 5) is 9.14. The normalized spacial score (nSPS) is 11.6. The number of hydrogen-bond donors (Lipinski definition) is 0. The number of nitrogens with zero attached hydrogens (tertiary/aromatic N) is 2. The molecule has 0 aliphatic carbocycles. The lowest BCUT2D eigenvalue weighted by atomic mass is 10.2. The van der Waals surface area contributed by atoms with Crippen molar-refractivity contribution in [3.05, 3.63) is 68.6 Å². The van der Waals surface area contributed by atoms with Crippen LogP contribution in [0.3, 0.4) is 0 Å². The quantitative estimate of drug-likeness (QED) is 0.151. The molecule has 15 heteroatoms. The molecule has 2 heterocycles. The standard InChI is InChI=1S/C11H6Br2F3NOS.C11H7BrF3NO2/c12-5-8-17-10(13)9(19-8)6-1-3-7(4-2-6)18-11(14,15)16;1-6-16-10(12)9(17-6)7-2-4-8(5-3-7)18-11(13,14)15/h1-4H,5H2;2-5H,1H3. The molecule has 2 aromatic carbocycles. The third-order valence-electron chi connectivity index (χ3n) is 4.14. The highest BCUT2D eigenvalue weighted by atomic mass is 79.9. The molecule has 4 rings (SSSR count). The van der Waals surface area contributed by atoms with E-state index < -0.39 is 12.7 Å². The molecule has 0 aliphatic heterocycles. The van der Waals surface area contributed by atoms with E-state index in [-0.39, 0.29) is 11.5 Å². The number of halogens is 9. The van der Waals surface area contributed by atoms with Crippen LogP contribution in [-0.4, -0.2) is 22.7 Å². The second-order valence-electron chi connectivity index (χ2n) is 6.86. The predicted octanol–water partition coefficient (Wildman–Crippen LogP) is 9.68. The number of benzene rings is 2. The number of hydrogen-bond acceptors (Lipinski definition) is 6. The van der Waals surface area contributed by atoms with Gasteiger partial charge in [0.1, 0.15) is 21.1 Å². The third kappa shape index (κ3) is 9.00. The molecule has 0 bridgehead atoms. The Morgan fingerprint density at radius 1 is 0.784 bits per heavy atom. The van der Waals surface area contributed by atoms with Crippen LogP contribution in [0.25, 0.3) is 21.8 Å². The van der Waals surface area contributed by atoms with Crippen molar-refractivity contribution in [2.24, 2.45) is 0 Å². The van der Waals surface area contributed by atoms with Gasteiger partial charge in [-0.3, -0.25) is 0 Å². The van der Waals surface area contributed by atoms with Crippen molar-refractivity contribution >= 4 is 59.1 Å². The highest BCUT2D eigenvalue weighted by Gasteiger charge is 2.31. The summed E-state index contributed by atoms with van der Waals surface area (Å²) in [5, 5.41) is 1.52. The highest BCUT2D eigenvalue weighted by Crippen LogP contribution is 2.36. The Morgan fingerprint density at radius 2 is 1.27 bits per heavy atom. The second kappa shape index (κ2) is 12.2. The molecule has 0 fully saturated rings. The van der Waals surface area contributed by atoms with Gasteiger partial charge in [0, 0.05) is 12.5 Å². The number of ether oxygens (including phenoxy) is 2. The molecule has 0 saturated heterocycles. The largest absolute Gasteiger partial charge is 0.573 e. The van der Waals surface area contributed by atoms with Gasteiger partial charge in [0.15, 0.2) is 16.3 Å². The molecule has 0 atom stereocenters. The Kier molecular flexibility index (Phi) is 9.69. The zero-order valence-electron chi connectivity index (χ0n) is 18.3. The van der Waals surface area contributed by atoms with Gasteiger partial charge < -0.3 is 13.9 Å². The summed E-state index contributed by atoms with van der Waals surface area (Å²) in [5.74, 6) is 0.412. The summed E-state index contributed by atoms with van der Waals surface area (Å²) in [6.45, 7) is 1.68. The summed E-state index contributed by atoms with van der Waals surface area (Å²) >= 11 is 11.3. The SMILES string of the molecule is Cc1nc(Br)c(-c2ccc(OC(F)(F)F)cc2)o1.FC(F)(F)Oc1ccc(-c2sc(CBr)nc2Br)cc1. The van der Waals surface area contributed by atoms with Crippen LogP contribution in [0.2, 0.25) is 0 Å². The first-order valence-corrected chi connectivity index (χ1v) is 13.3. The summed E-state index contributed by atoms with van der Waals surface area (Å²) in [5.41, 5.74) is 1.39. The predicted molar refractivity (Wildman–Crippen MR) is 136 cm³/mol. The van der Waals surface area contributed by atoms with Crippen molar-refractivity contribution in [2.45, 2.75) is 25.0 Å². The van der Waals surface area contributed by atoms with Crippen LogP contribution in [0, 0.1) is 6.92 Å². The fourth-order valence-electron chi connectivity index (χ4n) is 2.77. The van der Waals surface area contributed by atoms with Gasteiger partial charge in [-0.05, 0) is 86.0 Å². The zero-order valence-corrected chi connectivity index (χ0v) is 23.8. The minimum absolute atomic E-state index is 0.238. The lowest BCUT2D eigenvalue weighted by Crippen LogP contribution is -2.16. The lowest BCUT2D eigenvalue weighted by molar-refractivity contribution is -0.275. The Hall–Kier alpha value is -2.10. The fraction of sp³-hybridized carbons (Fsp3) is 0.182. The van der Waals surface area contributed by atoms with Crippen LogP contribution < -0.4 is 9.47 Å². The van der Waals surface area contributed by atoms with E-state index in [0.717, 1.165) is 15.4 Å². The summed E-state index contributed by atoms with van der Waals surface area (Å²) in [6, 6.07) is 11.1. The first kappa shape index (κ1) is 29.5. The first-order valence-electron chi connectivity index (χ1n) is 9.80. The summed E-state index contributed by atoms with van der Waals surface area (Å²) in [7, 11) is 0.